The minimum Gasteiger partial charge on any atom is -0.493 e. The van der Waals surface area contributed by atoms with Gasteiger partial charge in [-0.3, -0.25) is 0 Å². The maximum absolute atomic E-state index is 5.55. The molecule has 0 aliphatic rings. The highest BCUT2D eigenvalue weighted by molar-refractivity contribution is 5.44. The Balaban J connectivity index is 3.07. The van der Waals surface area contributed by atoms with Crippen LogP contribution < -0.4 is 15.2 Å². The van der Waals surface area contributed by atoms with Crippen LogP contribution in [-0.4, -0.2) is 13.7 Å². The van der Waals surface area contributed by atoms with Gasteiger partial charge in [0.25, 0.3) is 0 Å². The first-order valence-electron chi connectivity index (χ1n) is 4.88. The van der Waals surface area contributed by atoms with Gasteiger partial charge in [-0.1, -0.05) is 18.9 Å². The fourth-order valence-corrected chi connectivity index (χ4v) is 1.37. The molecule has 1 unspecified atom stereocenters. The molecule has 1 aromatic rings. The molecule has 2 N–H and O–H groups in total. The molecule has 0 aliphatic heterocycles. The van der Waals surface area contributed by atoms with Crippen molar-refractivity contribution >= 4 is 0 Å². The van der Waals surface area contributed by atoms with E-state index >= 15 is 0 Å². The molecule has 4 nitrogen and oxygen atoms in total. The third kappa shape index (κ3) is 3.07. The lowest BCUT2D eigenvalue weighted by molar-refractivity contribution is 0.177. The fourth-order valence-electron chi connectivity index (χ4n) is 1.37. The number of methoxy groups -OCH3 is 1. The average Bonchev–Trinajstić information content (AvgIpc) is 2.36. The molecular formula is C13H13NO3. The van der Waals surface area contributed by atoms with Crippen LogP contribution in [0.2, 0.25) is 0 Å². The zero-order valence-corrected chi connectivity index (χ0v) is 9.47. The van der Waals surface area contributed by atoms with E-state index in [0.29, 0.717) is 11.5 Å². The van der Waals surface area contributed by atoms with Gasteiger partial charge < -0.3 is 19.9 Å². The van der Waals surface area contributed by atoms with Crippen LogP contribution in [0.4, 0.5) is 0 Å². The molecule has 0 aliphatic carbocycles. The Kier molecular flexibility index (Phi) is 4.75. The van der Waals surface area contributed by atoms with Crippen molar-refractivity contribution in [2.24, 2.45) is 5.73 Å². The molecule has 0 radical (unpaired) electrons. The van der Waals surface area contributed by atoms with Crippen LogP contribution in [0.15, 0.2) is 18.2 Å². The van der Waals surface area contributed by atoms with E-state index in [0.717, 1.165) is 5.56 Å². The number of ether oxygens (including phenoxy) is 3. The number of benzene rings is 1. The Hall–Kier alpha value is -2.30. The van der Waals surface area contributed by atoms with Gasteiger partial charge in [-0.15, -0.1) is 0 Å². The third-order valence-corrected chi connectivity index (χ3v) is 2.15. The summed E-state index contributed by atoms with van der Waals surface area (Å²) in [6.45, 7) is 0.256. The van der Waals surface area contributed by atoms with E-state index in [1.807, 2.05) is 0 Å². The Morgan fingerprint density at radius 1 is 1.29 bits per heavy atom. The molecule has 0 spiro atoms. The topological polar surface area (TPSA) is 53.7 Å². The molecule has 0 amide bonds. The van der Waals surface area contributed by atoms with Crippen molar-refractivity contribution in [1.82, 2.24) is 0 Å². The van der Waals surface area contributed by atoms with Gasteiger partial charge >= 0.3 is 0 Å². The van der Waals surface area contributed by atoms with Crippen molar-refractivity contribution in [2.75, 3.05) is 13.7 Å². The number of hydrogen-bond donors (Lipinski definition) is 1. The fraction of sp³-hybridized carbons (Fsp3) is 0.231. The van der Waals surface area contributed by atoms with Crippen molar-refractivity contribution in [3.63, 3.8) is 0 Å². The van der Waals surface area contributed by atoms with Gasteiger partial charge in [0.1, 0.15) is 18.3 Å². The number of terminal acetylenes is 2. The summed E-state index contributed by atoms with van der Waals surface area (Å²) >= 11 is 0. The summed E-state index contributed by atoms with van der Waals surface area (Å²) in [7, 11) is 1.52. The molecule has 0 saturated heterocycles. The number of rotatable bonds is 5. The standard InChI is InChI=1S/C13H13NO3/c1-4-16-12-8-10(6-7-11(12)15-3)13(9-14)17-5-2/h1-2,6-8,13H,9,14H2,3H3. The average molecular weight is 231 g/mol. The Morgan fingerprint density at radius 3 is 2.59 bits per heavy atom. The smallest absolute Gasteiger partial charge is 0.182 e. The van der Waals surface area contributed by atoms with Crippen LogP contribution in [0.5, 0.6) is 11.5 Å². The number of nitrogens with two attached hydrogens (primary N) is 1. The number of hydrogen-bond acceptors (Lipinski definition) is 4. The second-order valence-electron chi connectivity index (χ2n) is 3.09. The molecule has 4 heteroatoms. The summed E-state index contributed by atoms with van der Waals surface area (Å²) in [5.41, 5.74) is 6.33. The SMILES string of the molecule is C#COc1cc(C(CN)OC#C)ccc1OC. The first-order valence-corrected chi connectivity index (χ1v) is 4.88. The van der Waals surface area contributed by atoms with Crippen molar-refractivity contribution in [2.45, 2.75) is 6.10 Å². The maximum atomic E-state index is 5.55. The first kappa shape index (κ1) is 12.8. The van der Waals surface area contributed by atoms with Crippen molar-refractivity contribution < 1.29 is 14.2 Å². The highest BCUT2D eigenvalue weighted by atomic mass is 16.5. The highest BCUT2D eigenvalue weighted by Crippen LogP contribution is 2.30. The molecule has 0 aromatic heterocycles. The van der Waals surface area contributed by atoms with E-state index in [1.165, 1.54) is 7.11 Å². The summed E-state index contributed by atoms with van der Waals surface area (Å²) in [6.07, 6.45) is 14.0. The summed E-state index contributed by atoms with van der Waals surface area (Å²) in [5, 5.41) is 0. The summed E-state index contributed by atoms with van der Waals surface area (Å²) in [4.78, 5) is 0. The van der Waals surface area contributed by atoms with Crippen molar-refractivity contribution in [1.29, 1.82) is 0 Å². The van der Waals surface area contributed by atoms with Crippen LogP contribution in [0.3, 0.4) is 0 Å². The van der Waals surface area contributed by atoms with Gasteiger partial charge in [0.05, 0.1) is 7.11 Å². The van der Waals surface area contributed by atoms with Crippen molar-refractivity contribution in [3.05, 3.63) is 23.8 Å². The zero-order chi connectivity index (χ0) is 12.7. The van der Waals surface area contributed by atoms with E-state index in [2.05, 4.69) is 12.2 Å². The van der Waals surface area contributed by atoms with Crippen LogP contribution in [0, 0.1) is 25.1 Å². The van der Waals surface area contributed by atoms with Crippen LogP contribution in [-0.2, 0) is 4.74 Å². The normalized spacial score (nSPS) is 10.8. The summed E-state index contributed by atoms with van der Waals surface area (Å²) in [5.74, 6) is 0.953. The molecular weight excluding hydrogens is 218 g/mol. The van der Waals surface area contributed by atoms with Gasteiger partial charge in [-0.25, -0.2) is 0 Å². The largest absolute Gasteiger partial charge is 0.493 e. The Bertz CT molecular complexity index is 457. The molecule has 1 aromatic carbocycles. The minimum absolute atomic E-state index is 0.256. The molecule has 88 valence electrons. The second-order valence-corrected chi connectivity index (χ2v) is 3.09. The van der Waals surface area contributed by atoms with E-state index in [4.69, 9.17) is 32.8 Å². The van der Waals surface area contributed by atoms with Gasteiger partial charge in [0, 0.05) is 6.54 Å². The summed E-state index contributed by atoms with van der Waals surface area (Å²) in [6, 6.07) is 5.19. The molecule has 0 saturated carbocycles. The molecule has 1 rings (SSSR count). The van der Waals surface area contributed by atoms with Crippen molar-refractivity contribution in [3.8, 4) is 36.6 Å². The van der Waals surface area contributed by atoms with E-state index < -0.39 is 6.10 Å². The lowest BCUT2D eigenvalue weighted by atomic mass is 10.1. The van der Waals surface area contributed by atoms with E-state index in [-0.39, 0.29) is 6.54 Å². The molecule has 1 atom stereocenters. The lowest BCUT2D eigenvalue weighted by Crippen LogP contribution is -2.14. The Morgan fingerprint density at radius 2 is 2.06 bits per heavy atom. The van der Waals surface area contributed by atoms with Crippen LogP contribution >= 0.6 is 0 Å². The molecule has 0 heterocycles. The van der Waals surface area contributed by atoms with Crippen LogP contribution in [0.1, 0.15) is 11.7 Å². The Labute approximate surface area is 101 Å². The predicted molar refractivity (Wildman–Crippen MR) is 64.2 cm³/mol. The monoisotopic (exact) mass is 231 g/mol. The minimum atomic E-state index is -0.397. The van der Waals surface area contributed by atoms with Gasteiger partial charge in [-0.05, 0) is 17.7 Å². The van der Waals surface area contributed by atoms with E-state index in [1.54, 1.807) is 18.2 Å². The van der Waals surface area contributed by atoms with E-state index in [9.17, 15) is 0 Å². The van der Waals surface area contributed by atoms with Crippen LogP contribution in [0.25, 0.3) is 0 Å². The molecule has 0 fully saturated rings. The van der Waals surface area contributed by atoms with Gasteiger partial charge in [0.15, 0.2) is 11.5 Å². The quantitative estimate of drug-likeness (QED) is 0.775. The zero-order valence-electron chi connectivity index (χ0n) is 9.47. The lowest BCUT2D eigenvalue weighted by Gasteiger charge is -2.14. The summed E-state index contributed by atoms with van der Waals surface area (Å²) < 4.78 is 15.1. The third-order valence-electron chi connectivity index (χ3n) is 2.15. The highest BCUT2D eigenvalue weighted by Gasteiger charge is 2.13. The van der Waals surface area contributed by atoms with Gasteiger partial charge in [0.2, 0.25) is 0 Å². The second kappa shape index (κ2) is 6.32. The van der Waals surface area contributed by atoms with Gasteiger partial charge in [-0.2, -0.15) is 0 Å². The first-order chi connectivity index (χ1) is 8.26. The predicted octanol–water partition coefficient (Wildman–Crippen LogP) is 1.27. The maximum Gasteiger partial charge on any atom is 0.182 e. The molecule has 0 bridgehead atoms. The molecule has 17 heavy (non-hydrogen) atoms.